The van der Waals surface area contributed by atoms with Crippen molar-refractivity contribution in [1.82, 2.24) is 15.5 Å². The number of carbonyl (C=O) groups is 4. The molecule has 0 bridgehead atoms. The number of halogens is 1. The number of amides is 6. The Balaban J connectivity index is 1.58. The van der Waals surface area contributed by atoms with Gasteiger partial charge in [-0.25, -0.2) is 14.0 Å². The van der Waals surface area contributed by atoms with Crippen molar-refractivity contribution in [3.05, 3.63) is 101 Å². The zero-order chi connectivity index (χ0) is 25.2. The summed E-state index contributed by atoms with van der Waals surface area (Å²) in [4.78, 5) is 52.0. The maximum atomic E-state index is 13.7. The summed E-state index contributed by atoms with van der Waals surface area (Å²) in [5.41, 5.74) is 1.37. The summed E-state index contributed by atoms with van der Waals surface area (Å²) in [5, 5.41) is 7.00. The Morgan fingerprint density at radius 1 is 0.914 bits per heavy atom. The van der Waals surface area contributed by atoms with Crippen LogP contribution < -0.4 is 16.0 Å². The minimum atomic E-state index is -1.54. The number of hydrogen-bond donors (Lipinski definition) is 3. The van der Waals surface area contributed by atoms with Crippen LogP contribution in [0.4, 0.5) is 19.7 Å². The number of aryl methyl sites for hydroxylation is 2. The van der Waals surface area contributed by atoms with Gasteiger partial charge < -0.3 is 10.6 Å². The Morgan fingerprint density at radius 2 is 1.60 bits per heavy atom. The third kappa shape index (κ3) is 4.48. The third-order valence-corrected chi connectivity index (χ3v) is 5.93. The lowest BCUT2D eigenvalue weighted by molar-refractivity contribution is -0.133. The molecule has 1 aliphatic rings. The number of benzene rings is 3. The number of imide groups is 2. The number of rotatable bonds is 5. The molecule has 35 heavy (non-hydrogen) atoms. The van der Waals surface area contributed by atoms with Gasteiger partial charge in [0.25, 0.3) is 5.91 Å². The lowest BCUT2D eigenvalue weighted by atomic mass is 9.81. The van der Waals surface area contributed by atoms with E-state index in [-0.39, 0.29) is 5.69 Å². The summed E-state index contributed by atoms with van der Waals surface area (Å²) in [6, 6.07) is 17.9. The number of hydrogen-bond acceptors (Lipinski definition) is 4. The van der Waals surface area contributed by atoms with Gasteiger partial charge in [0, 0.05) is 0 Å². The summed E-state index contributed by atoms with van der Waals surface area (Å²) in [6.07, 6.45) is 0. The molecule has 0 saturated carbocycles. The molecule has 8 nitrogen and oxygen atoms in total. The van der Waals surface area contributed by atoms with Crippen LogP contribution in [-0.4, -0.2) is 35.3 Å². The number of nitrogens with one attached hydrogen (secondary N) is 3. The highest BCUT2D eigenvalue weighted by Gasteiger charge is 2.54. The van der Waals surface area contributed by atoms with Gasteiger partial charge >= 0.3 is 12.1 Å². The largest absolute Gasteiger partial charge is 0.326 e. The molecule has 3 aromatic carbocycles. The molecule has 1 saturated heterocycles. The molecule has 1 fully saturated rings. The fourth-order valence-electron chi connectivity index (χ4n) is 3.97. The van der Waals surface area contributed by atoms with Gasteiger partial charge in [-0.2, -0.15) is 0 Å². The molecule has 178 valence electrons. The average Bonchev–Trinajstić information content (AvgIpc) is 3.08. The van der Waals surface area contributed by atoms with E-state index in [1.54, 1.807) is 36.4 Å². The molecular weight excluding hydrogens is 451 g/mol. The Bertz CT molecular complexity index is 1330. The maximum absolute atomic E-state index is 13.7. The van der Waals surface area contributed by atoms with Gasteiger partial charge in [0.1, 0.15) is 12.4 Å². The van der Waals surface area contributed by atoms with Crippen LogP contribution in [0.2, 0.25) is 0 Å². The first-order valence-electron chi connectivity index (χ1n) is 10.8. The molecule has 6 amide bonds. The van der Waals surface area contributed by atoms with Crippen LogP contribution in [-0.2, 0) is 15.1 Å². The van der Waals surface area contributed by atoms with E-state index in [0.29, 0.717) is 11.1 Å². The fourth-order valence-corrected chi connectivity index (χ4v) is 3.97. The van der Waals surface area contributed by atoms with Crippen molar-refractivity contribution in [1.29, 1.82) is 0 Å². The zero-order valence-electron chi connectivity index (χ0n) is 19.1. The van der Waals surface area contributed by atoms with Crippen molar-refractivity contribution in [3.8, 4) is 0 Å². The molecule has 0 radical (unpaired) electrons. The minimum Gasteiger partial charge on any atom is -0.315 e. The second-order valence-electron chi connectivity index (χ2n) is 8.22. The Kier molecular flexibility index (Phi) is 6.33. The molecular formula is C26H23FN4O4. The molecule has 0 aromatic heterocycles. The third-order valence-electron chi connectivity index (χ3n) is 5.93. The Hall–Kier alpha value is -4.53. The lowest BCUT2D eigenvalue weighted by Crippen LogP contribution is -2.47. The van der Waals surface area contributed by atoms with Crippen LogP contribution in [0.5, 0.6) is 0 Å². The normalized spacial score (nSPS) is 17.2. The van der Waals surface area contributed by atoms with Gasteiger partial charge in [0.05, 0.1) is 5.69 Å². The molecule has 0 aliphatic carbocycles. The van der Waals surface area contributed by atoms with Crippen molar-refractivity contribution in [2.24, 2.45) is 0 Å². The first-order chi connectivity index (χ1) is 16.7. The Labute approximate surface area is 201 Å². The quantitative estimate of drug-likeness (QED) is 0.491. The minimum absolute atomic E-state index is 0.120. The second kappa shape index (κ2) is 9.38. The Morgan fingerprint density at radius 3 is 2.29 bits per heavy atom. The van der Waals surface area contributed by atoms with E-state index in [2.05, 4.69) is 10.6 Å². The highest BCUT2D eigenvalue weighted by atomic mass is 19.1. The maximum Gasteiger partial charge on any atom is 0.326 e. The van der Waals surface area contributed by atoms with E-state index < -0.39 is 41.8 Å². The van der Waals surface area contributed by atoms with Gasteiger partial charge in [-0.1, -0.05) is 60.7 Å². The summed E-state index contributed by atoms with van der Waals surface area (Å²) < 4.78 is 13.7. The SMILES string of the molecule is Cc1ccc([C@]2(c3ccccc3)NC(=O)N(CC(=O)NC(=O)Nc3ccccc3F)C2=O)cc1C. The number of anilines is 1. The molecule has 1 aliphatic heterocycles. The highest BCUT2D eigenvalue weighted by molar-refractivity contribution is 6.12. The van der Waals surface area contributed by atoms with E-state index in [1.165, 1.54) is 18.2 Å². The topological polar surface area (TPSA) is 108 Å². The van der Waals surface area contributed by atoms with E-state index in [0.717, 1.165) is 22.1 Å². The van der Waals surface area contributed by atoms with Crippen LogP contribution in [0, 0.1) is 19.7 Å². The molecule has 1 atom stereocenters. The molecule has 3 aromatic rings. The summed E-state index contributed by atoms with van der Waals surface area (Å²) in [6.45, 7) is 3.14. The van der Waals surface area contributed by atoms with Crippen LogP contribution in [0.3, 0.4) is 0 Å². The number of carbonyl (C=O) groups excluding carboxylic acids is 4. The van der Waals surface area contributed by atoms with Crippen molar-refractivity contribution < 1.29 is 23.6 Å². The number of urea groups is 2. The molecule has 3 N–H and O–H groups in total. The predicted octanol–water partition coefficient (Wildman–Crippen LogP) is 3.59. The highest BCUT2D eigenvalue weighted by Crippen LogP contribution is 2.36. The van der Waals surface area contributed by atoms with E-state index in [9.17, 15) is 23.6 Å². The number of para-hydroxylation sites is 1. The van der Waals surface area contributed by atoms with Crippen LogP contribution in [0.25, 0.3) is 0 Å². The number of nitrogens with zero attached hydrogens (tertiary/aromatic N) is 1. The first kappa shape index (κ1) is 23.6. The fraction of sp³-hybridized carbons (Fsp3) is 0.154. The van der Waals surface area contributed by atoms with Gasteiger partial charge in [-0.05, 0) is 48.2 Å². The van der Waals surface area contributed by atoms with Crippen LogP contribution >= 0.6 is 0 Å². The van der Waals surface area contributed by atoms with E-state index >= 15 is 0 Å². The van der Waals surface area contributed by atoms with Gasteiger partial charge in [0.2, 0.25) is 5.91 Å². The van der Waals surface area contributed by atoms with Crippen molar-refractivity contribution in [3.63, 3.8) is 0 Å². The zero-order valence-corrected chi connectivity index (χ0v) is 19.1. The average molecular weight is 474 g/mol. The molecule has 9 heteroatoms. The second-order valence-corrected chi connectivity index (χ2v) is 8.22. The van der Waals surface area contributed by atoms with Crippen LogP contribution in [0.1, 0.15) is 22.3 Å². The monoisotopic (exact) mass is 474 g/mol. The predicted molar refractivity (Wildman–Crippen MR) is 127 cm³/mol. The summed E-state index contributed by atoms with van der Waals surface area (Å²) in [7, 11) is 0. The van der Waals surface area contributed by atoms with Crippen molar-refractivity contribution >= 4 is 29.6 Å². The smallest absolute Gasteiger partial charge is 0.315 e. The summed E-state index contributed by atoms with van der Waals surface area (Å²) >= 11 is 0. The van der Waals surface area contributed by atoms with E-state index in [4.69, 9.17) is 0 Å². The standard InChI is InChI=1S/C26H23FN4O4/c1-16-12-13-19(14-17(16)2)26(18-8-4-3-5-9-18)23(33)31(25(35)30-26)15-22(32)29-24(34)28-21-11-7-6-10-20(21)27/h3-14H,15H2,1-2H3,(H,30,35)(H2,28,29,32,34)/t26-/m0/s1. The first-order valence-corrected chi connectivity index (χ1v) is 10.8. The van der Waals surface area contributed by atoms with Gasteiger partial charge in [0.15, 0.2) is 5.54 Å². The van der Waals surface area contributed by atoms with Crippen LogP contribution in [0.15, 0.2) is 72.8 Å². The molecule has 1 heterocycles. The van der Waals surface area contributed by atoms with E-state index in [1.807, 2.05) is 31.3 Å². The molecule has 0 spiro atoms. The molecule has 4 rings (SSSR count). The van der Waals surface area contributed by atoms with Gasteiger partial charge in [-0.15, -0.1) is 0 Å². The van der Waals surface area contributed by atoms with Gasteiger partial charge in [-0.3, -0.25) is 19.8 Å². The van der Waals surface area contributed by atoms with Crippen molar-refractivity contribution in [2.75, 3.05) is 11.9 Å². The van der Waals surface area contributed by atoms with Crippen molar-refractivity contribution in [2.45, 2.75) is 19.4 Å². The lowest BCUT2D eigenvalue weighted by Gasteiger charge is -2.28. The molecule has 0 unspecified atom stereocenters. The summed E-state index contributed by atoms with van der Waals surface area (Å²) in [5.74, 6) is -2.24.